The minimum absolute atomic E-state index is 0.234. The van der Waals surface area contributed by atoms with Crippen molar-refractivity contribution in [2.75, 3.05) is 5.32 Å². The summed E-state index contributed by atoms with van der Waals surface area (Å²) in [7, 11) is 0. The summed E-state index contributed by atoms with van der Waals surface area (Å²) < 4.78 is 0. The molecule has 0 saturated heterocycles. The third-order valence-corrected chi connectivity index (χ3v) is 3.45. The van der Waals surface area contributed by atoms with Crippen molar-refractivity contribution in [1.29, 1.82) is 0 Å². The van der Waals surface area contributed by atoms with Crippen molar-refractivity contribution in [3.8, 4) is 0 Å². The maximum atomic E-state index is 11.8. The molecule has 0 aliphatic heterocycles. The number of carbonyl (C=O) groups excluding carboxylic acids is 1. The van der Waals surface area contributed by atoms with Crippen LogP contribution in [0.3, 0.4) is 0 Å². The third-order valence-electron chi connectivity index (χ3n) is 2.50. The van der Waals surface area contributed by atoms with Crippen molar-refractivity contribution in [2.45, 2.75) is 0 Å². The molecule has 0 aromatic heterocycles. The molecule has 4 nitrogen and oxygen atoms in total. The van der Waals surface area contributed by atoms with Crippen LogP contribution in [0.4, 0.5) is 5.69 Å². The predicted octanol–water partition coefficient (Wildman–Crippen LogP) is 3.62. The second kappa shape index (κ2) is 7.26. The Kier molecular flexibility index (Phi) is 5.38. The molecule has 0 aliphatic rings. The number of benzene rings is 2. The molecule has 21 heavy (non-hydrogen) atoms. The minimum Gasteiger partial charge on any atom is -0.331 e. The lowest BCUT2D eigenvalue weighted by atomic mass is 10.2. The van der Waals surface area contributed by atoms with E-state index in [-0.39, 0.29) is 11.0 Å². The molecule has 2 aromatic carbocycles. The van der Waals surface area contributed by atoms with Gasteiger partial charge in [0.25, 0.3) is 5.91 Å². The molecular weight excluding hydrogens is 329 g/mol. The Morgan fingerprint density at radius 1 is 0.952 bits per heavy atom. The Bertz CT molecular complexity index is 665. The van der Waals surface area contributed by atoms with Crippen molar-refractivity contribution in [3.05, 3.63) is 64.1 Å². The molecule has 2 rings (SSSR count). The molecule has 0 heterocycles. The summed E-state index contributed by atoms with van der Waals surface area (Å²) in [6, 6.07) is 13.8. The van der Waals surface area contributed by atoms with Gasteiger partial charge >= 0.3 is 0 Å². The number of hydrogen-bond donors (Lipinski definition) is 3. The van der Waals surface area contributed by atoms with E-state index in [0.717, 1.165) is 0 Å². The first kappa shape index (κ1) is 15.6. The van der Waals surface area contributed by atoms with Crippen LogP contribution in [0.25, 0.3) is 0 Å². The molecule has 0 saturated carbocycles. The van der Waals surface area contributed by atoms with Gasteiger partial charge in [-0.1, -0.05) is 41.4 Å². The lowest BCUT2D eigenvalue weighted by Gasteiger charge is -2.12. The van der Waals surface area contributed by atoms with Gasteiger partial charge in [0.1, 0.15) is 0 Å². The Labute approximate surface area is 137 Å². The summed E-state index contributed by atoms with van der Waals surface area (Å²) in [4.78, 5) is 11.8. The number of hydrogen-bond acceptors (Lipinski definition) is 2. The number of thiocarbonyl (C=S) groups is 1. The molecule has 1 amide bonds. The zero-order chi connectivity index (χ0) is 15.2. The van der Waals surface area contributed by atoms with Gasteiger partial charge < -0.3 is 5.32 Å². The van der Waals surface area contributed by atoms with Gasteiger partial charge in [0, 0.05) is 11.3 Å². The highest BCUT2D eigenvalue weighted by molar-refractivity contribution is 7.80. The largest absolute Gasteiger partial charge is 0.331 e. The molecule has 3 N–H and O–H groups in total. The highest BCUT2D eigenvalue weighted by atomic mass is 35.5. The summed E-state index contributed by atoms with van der Waals surface area (Å²) in [5.74, 6) is -0.283. The van der Waals surface area contributed by atoms with E-state index in [1.54, 1.807) is 42.5 Å². The summed E-state index contributed by atoms with van der Waals surface area (Å²) in [6.07, 6.45) is 0. The fraction of sp³-hybridized carbons (Fsp3) is 0. The smallest absolute Gasteiger partial charge is 0.269 e. The van der Waals surface area contributed by atoms with E-state index < -0.39 is 0 Å². The topological polar surface area (TPSA) is 53.2 Å². The number of halogens is 2. The molecule has 7 heteroatoms. The number of rotatable bonds is 2. The first-order chi connectivity index (χ1) is 10.1. The molecule has 0 aliphatic carbocycles. The molecular formula is C14H11Cl2N3OS. The van der Waals surface area contributed by atoms with Crippen LogP contribution < -0.4 is 16.2 Å². The van der Waals surface area contributed by atoms with E-state index in [1.165, 1.54) is 0 Å². The van der Waals surface area contributed by atoms with Crippen LogP contribution in [0, 0.1) is 0 Å². The van der Waals surface area contributed by atoms with Crippen molar-refractivity contribution in [2.24, 2.45) is 0 Å². The minimum atomic E-state index is -0.283. The molecule has 0 unspecified atom stereocenters. The molecule has 0 radical (unpaired) electrons. The number of anilines is 1. The second-order valence-corrected chi connectivity index (χ2v) is 5.25. The maximum Gasteiger partial charge on any atom is 0.269 e. The zero-order valence-corrected chi connectivity index (χ0v) is 13.0. The summed E-state index contributed by atoms with van der Waals surface area (Å²) in [6.45, 7) is 0. The van der Waals surface area contributed by atoms with E-state index in [2.05, 4.69) is 16.2 Å². The molecule has 0 spiro atoms. The standard InChI is InChI=1S/C14H11Cl2N3OS/c15-11-7-6-10(8-12(11)16)17-14(21)19-18-13(20)9-4-2-1-3-5-9/h1-8H,(H,18,20)(H2,17,19,21). The molecule has 2 aromatic rings. The van der Waals surface area contributed by atoms with Crippen molar-refractivity contribution >= 4 is 52.1 Å². The van der Waals surface area contributed by atoms with Crippen molar-refractivity contribution < 1.29 is 4.79 Å². The number of hydrazine groups is 1. The lowest BCUT2D eigenvalue weighted by Crippen LogP contribution is -2.43. The third kappa shape index (κ3) is 4.60. The van der Waals surface area contributed by atoms with Gasteiger partial charge in [-0.15, -0.1) is 0 Å². The molecule has 0 atom stereocenters. The number of nitrogens with one attached hydrogen (secondary N) is 3. The second-order valence-electron chi connectivity index (χ2n) is 4.03. The Hall–Kier alpha value is -1.82. The average molecular weight is 340 g/mol. The first-order valence-electron chi connectivity index (χ1n) is 5.93. The van der Waals surface area contributed by atoms with Crippen LogP contribution >= 0.6 is 35.4 Å². The SMILES string of the molecule is O=C(NNC(=S)Nc1ccc(Cl)c(Cl)c1)c1ccccc1. The molecule has 0 bridgehead atoms. The van der Waals surface area contributed by atoms with Gasteiger partial charge in [0.05, 0.1) is 10.0 Å². The van der Waals surface area contributed by atoms with Crippen LogP contribution in [0.15, 0.2) is 48.5 Å². The van der Waals surface area contributed by atoms with Gasteiger partial charge in [-0.05, 0) is 42.5 Å². The fourth-order valence-corrected chi connectivity index (χ4v) is 1.98. The predicted molar refractivity (Wildman–Crippen MR) is 89.7 cm³/mol. The van der Waals surface area contributed by atoms with Crippen LogP contribution in [0.5, 0.6) is 0 Å². The Morgan fingerprint density at radius 3 is 2.33 bits per heavy atom. The quantitative estimate of drug-likeness (QED) is 0.577. The highest BCUT2D eigenvalue weighted by Crippen LogP contribution is 2.24. The van der Waals surface area contributed by atoms with Crippen molar-refractivity contribution in [1.82, 2.24) is 10.9 Å². The van der Waals surface area contributed by atoms with Gasteiger partial charge in [0.15, 0.2) is 5.11 Å². The Morgan fingerprint density at radius 2 is 1.67 bits per heavy atom. The summed E-state index contributed by atoms with van der Waals surface area (Å²) >= 11 is 16.8. The monoisotopic (exact) mass is 339 g/mol. The van der Waals surface area contributed by atoms with Crippen LogP contribution in [-0.2, 0) is 0 Å². The average Bonchev–Trinajstić information content (AvgIpc) is 2.49. The number of carbonyl (C=O) groups is 1. The molecule has 108 valence electrons. The maximum absolute atomic E-state index is 11.8. The normalized spacial score (nSPS) is 9.81. The van der Waals surface area contributed by atoms with Crippen molar-refractivity contribution in [3.63, 3.8) is 0 Å². The Balaban J connectivity index is 1.87. The van der Waals surface area contributed by atoms with E-state index in [4.69, 9.17) is 35.4 Å². The zero-order valence-electron chi connectivity index (χ0n) is 10.7. The van der Waals surface area contributed by atoms with Crippen LogP contribution in [0.2, 0.25) is 10.0 Å². The van der Waals surface area contributed by atoms with E-state index >= 15 is 0 Å². The lowest BCUT2D eigenvalue weighted by molar-refractivity contribution is 0.0944. The summed E-state index contributed by atoms with van der Waals surface area (Å²) in [5, 5.41) is 3.98. The van der Waals surface area contributed by atoms with E-state index in [9.17, 15) is 4.79 Å². The van der Waals surface area contributed by atoms with Gasteiger partial charge in [-0.3, -0.25) is 15.6 Å². The first-order valence-corrected chi connectivity index (χ1v) is 7.10. The van der Waals surface area contributed by atoms with Gasteiger partial charge in [-0.2, -0.15) is 0 Å². The van der Waals surface area contributed by atoms with Crippen LogP contribution in [0.1, 0.15) is 10.4 Å². The van der Waals surface area contributed by atoms with Gasteiger partial charge in [-0.25, -0.2) is 0 Å². The summed E-state index contributed by atoms with van der Waals surface area (Å²) in [5.41, 5.74) is 6.29. The van der Waals surface area contributed by atoms with E-state index in [1.807, 2.05) is 6.07 Å². The van der Waals surface area contributed by atoms with E-state index in [0.29, 0.717) is 21.3 Å². The van der Waals surface area contributed by atoms with Crippen LogP contribution in [-0.4, -0.2) is 11.0 Å². The fourth-order valence-electron chi connectivity index (χ4n) is 1.51. The molecule has 0 fully saturated rings. The van der Waals surface area contributed by atoms with Gasteiger partial charge in [0.2, 0.25) is 0 Å². The highest BCUT2D eigenvalue weighted by Gasteiger charge is 2.05. The number of amides is 1.